The molecular formula is C56H38N4. The lowest BCUT2D eigenvalue weighted by atomic mass is 9.82. The van der Waals surface area contributed by atoms with E-state index in [-0.39, 0.29) is 12.3 Å². The largest absolute Gasteiger partial charge is 0.350 e. The number of amidine groups is 1. The van der Waals surface area contributed by atoms with Gasteiger partial charge in [-0.25, -0.2) is 4.99 Å². The third-order valence-electron chi connectivity index (χ3n) is 12.0. The first kappa shape index (κ1) is 35.3. The van der Waals surface area contributed by atoms with Gasteiger partial charge in [0.05, 0.1) is 11.6 Å². The van der Waals surface area contributed by atoms with Gasteiger partial charge >= 0.3 is 0 Å². The molecule has 0 radical (unpaired) electrons. The van der Waals surface area contributed by atoms with Crippen LogP contribution in [0.25, 0.3) is 76.5 Å². The second-order valence-electron chi connectivity index (χ2n) is 15.4. The standard InChI is InChI=1S/C56H38N4/c57-35-36-26-28-37(29-27-36)41-19-13-20-42(34-41)55-58-54(40-17-5-2-6-18-40)59-56(60-55)49-33-32-48(44-22-9-10-23-45(44)49)53-47-25-12-11-24-46(47)51(39-15-3-1-4-16-39)50-31-30-38-14-7-8-21-43(38)52(50)53/h1-34,54-55,58H,(H,59,60). The van der Waals surface area contributed by atoms with Gasteiger partial charge < -0.3 is 5.32 Å². The van der Waals surface area contributed by atoms with Crippen LogP contribution in [-0.2, 0) is 0 Å². The van der Waals surface area contributed by atoms with Crippen LogP contribution in [-0.4, -0.2) is 5.84 Å². The molecule has 0 aliphatic carbocycles. The smallest absolute Gasteiger partial charge is 0.132 e. The Bertz CT molecular complexity index is 3330. The van der Waals surface area contributed by atoms with E-state index in [9.17, 15) is 5.26 Å². The van der Waals surface area contributed by atoms with Gasteiger partial charge in [-0.2, -0.15) is 5.26 Å². The Balaban J connectivity index is 1.12. The molecule has 0 spiro atoms. The van der Waals surface area contributed by atoms with Crippen LogP contribution >= 0.6 is 0 Å². The summed E-state index contributed by atoms with van der Waals surface area (Å²) in [6.45, 7) is 0. The van der Waals surface area contributed by atoms with E-state index in [1.54, 1.807) is 0 Å². The van der Waals surface area contributed by atoms with Crippen LogP contribution in [0, 0.1) is 11.3 Å². The third-order valence-corrected chi connectivity index (χ3v) is 12.0. The average molecular weight is 767 g/mol. The number of benzene rings is 10. The maximum atomic E-state index is 9.38. The summed E-state index contributed by atoms with van der Waals surface area (Å²) in [5.41, 5.74) is 10.9. The molecule has 1 heterocycles. The van der Waals surface area contributed by atoms with Crippen LogP contribution < -0.4 is 10.6 Å². The summed E-state index contributed by atoms with van der Waals surface area (Å²) in [5, 5.41) is 26.7. The van der Waals surface area contributed by atoms with E-state index in [1.165, 1.54) is 60.0 Å². The molecule has 11 rings (SSSR count). The van der Waals surface area contributed by atoms with Crippen LogP contribution in [0.4, 0.5) is 0 Å². The van der Waals surface area contributed by atoms with Gasteiger partial charge in [0.15, 0.2) is 0 Å². The van der Waals surface area contributed by atoms with Gasteiger partial charge in [-0.15, -0.1) is 0 Å². The first-order valence-corrected chi connectivity index (χ1v) is 20.4. The van der Waals surface area contributed by atoms with Gasteiger partial charge in [0, 0.05) is 5.56 Å². The van der Waals surface area contributed by atoms with Crippen molar-refractivity contribution >= 4 is 48.9 Å². The maximum Gasteiger partial charge on any atom is 0.132 e. The van der Waals surface area contributed by atoms with Crippen molar-refractivity contribution in [1.82, 2.24) is 10.6 Å². The van der Waals surface area contributed by atoms with Crippen molar-refractivity contribution in [3.8, 4) is 39.4 Å². The minimum Gasteiger partial charge on any atom is -0.350 e. The van der Waals surface area contributed by atoms with E-state index in [0.29, 0.717) is 5.56 Å². The van der Waals surface area contributed by atoms with Gasteiger partial charge in [0.25, 0.3) is 0 Å². The molecule has 0 amide bonds. The summed E-state index contributed by atoms with van der Waals surface area (Å²) < 4.78 is 0. The number of nitriles is 1. The average Bonchev–Trinajstić information content (AvgIpc) is 3.33. The van der Waals surface area contributed by atoms with Crippen molar-refractivity contribution in [1.29, 1.82) is 5.26 Å². The molecule has 60 heavy (non-hydrogen) atoms. The van der Waals surface area contributed by atoms with Crippen molar-refractivity contribution in [3.05, 3.63) is 229 Å². The fraction of sp³-hybridized carbons (Fsp3) is 0.0357. The maximum absolute atomic E-state index is 9.38. The molecule has 2 unspecified atom stereocenters. The van der Waals surface area contributed by atoms with Gasteiger partial charge in [0.2, 0.25) is 0 Å². The van der Waals surface area contributed by atoms with Crippen LogP contribution in [0.1, 0.15) is 34.6 Å². The molecule has 10 aromatic carbocycles. The molecule has 10 aromatic rings. The number of rotatable bonds is 6. The van der Waals surface area contributed by atoms with E-state index in [0.717, 1.165) is 39.0 Å². The lowest BCUT2D eigenvalue weighted by molar-refractivity contribution is 0.409. The predicted octanol–water partition coefficient (Wildman–Crippen LogP) is 13.5. The Morgan fingerprint density at radius 1 is 0.433 bits per heavy atom. The highest BCUT2D eigenvalue weighted by atomic mass is 15.3. The number of nitrogens with one attached hydrogen (secondary N) is 2. The van der Waals surface area contributed by atoms with E-state index in [4.69, 9.17) is 4.99 Å². The molecule has 0 saturated carbocycles. The highest BCUT2D eigenvalue weighted by molar-refractivity contribution is 6.30. The van der Waals surface area contributed by atoms with Crippen LogP contribution in [0.5, 0.6) is 0 Å². The highest BCUT2D eigenvalue weighted by Gasteiger charge is 2.27. The van der Waals surface area contributed by atoms with Crippen LogP contribution in [0.2, 0.25) is 0 Å². The first-order valence-electron chi connectivity index (χ1n) is 20.4. The quantitative estimate of drug-likeness (QED) is 0.131. The number of nitrogens with zero attached hydrogens (tertiary/aromatic N) is 2. The van der Waals surface area contributed by atoms with Crippen molar-refractivity contribution in [2.75, 3.05) is 0 Å². The van der Waals surface area contributed by atoms with Gasteiger partial charge in [-0.05, 0) is 106 Å². The predicted molar refractivity (Wildman–Crippen MR) is 249 cm³/mol. The Morgan fingerprint density at radius 3 is 1.78 bits per heavy atom. The molecule has 282 valence electrons. The molecule has 4 heteroatoms. The molecule has 2 N–H and O–H groups in total. The lowest BCUT2D eigenvalue weighted by Gasteiger charge is -2.32. The van der Waals surface area contributed by atoms with Crippen LogP contribution in [0.15, 0.2) is 211 Å². The Morgan fingerprint density at radius 2 is 1.03 bits per heavy atom. The minimum atomic E-state index is -0.326. The molecule has 0 bridgehead atoms. The number of aliphatic imine (C=N–C) groups is 1. The number of hydrogen-bond donors (Lipinski definition) is 2. The summed E-state index contributed by atoms with van der Waals surface area (Å²) in [7, 11) is 0. The zero-order chi connectivity index (χ0) is 40.0. The Hall–Kier alpha value is -7.84. The lowest BCUT2D eigenvalue weighted by Crippen LogP contribution is -2.45. The molecule has 0 aromatic heterocycles. The number of hydrogen-bond acceptors (Lipinski definition) is 4. The summed E-state index contributed by atoms with van der Waals surface area (Å²) >= 11 is 0. The summed E-state index contributed by atoms with van der Waals surface area (Å²) in [6, 6.07) is 75.5. The van der Waals surface area contributed by atoms with Gasteiger partial charge in [-0.1, -0.05) is 188 Å². The minimum absolute atomic E-state index is 0.189. The molecule has 0 saturated heterocycles. The molecular weight excluding hydrogens is 729 g/mol. The summed E-state index contributed by atoms with van der Waals surface area (Å²) in [5.74, 6) is 0.832. The van der Waals surface area contributed by atoms with E-state index >= 15 is 0 Å². The van der Waals surface area contributed by atoms with Crippen molar-refractivity contribution in [3.63, 3.8) is 0 Å². The SMILES string of the molecule is N#Cc1ccc(-c2cccc(C3N=C(c4ccc(-c5c6ccccc6c(-c6ccccc6)c6ccc7ccccc7c56)c5ccccc45)NC(c4ccccc4)N3)c2)cc1. The third kappa shape index (κ3) is 6.08. The zero-order valence-electron chi connectivity index (χ0n) is 32.7. The van der Waals surface area contributed by atoms with Crippen molar-refractivity contribution in [2.45, 2.75) is 12.3 Å². The van der Waals surface area contributed by atoms with E-state index in [1.807, 2.05) is 24.3 Å². The summed E-state index contributed by atoms with van der Waals surface area (Å²) in [6.07, 6.45) is -0.515. The zero-order valence-corrected chi connectivity index (χ0v) is 32.7. The molecule has 1 aliphatic rings. The molecule has 0 fully saturated rings. The second kappa shape index (κ2) is 14.8. The Kier molecular flexibility index (Phi) is 8.73. The Labute approximate surface area is 348 Å². The van der Waals surface area contributed by atoms with Crippen molar-refractivity contribution in [2.24, 2.45) is 4.99 Å². The monoisotopic (exact) mass is 766 g/mol. The molecule has 4 nitrogen and oxygen atoms in total. The fourth-order valence-electron chi connectivity index (χ4n) is 9.18. The van der Waals surface area contributed by atoms with E-state index in [2.05, 4.69) is 199 Å². The van der Waals surface area contributed by atoms with Crippen molar-refractivity contribution < 1.29 is 0 Å². The molecule has 2 atom stereocenters. The topological polar surface area (TPSA) is 60.2 Å². The number of fused-ring (bicyclic) bond motifs is 5. The second-order valence-corrected chi connectivity index (χ2v) is 15.4. The first-order chi connectivity index (χ1) is 29.7. The summed E-state index contributed by atoms with van der Waals surface area (Å²) in [4.78, 5) is 5.45. The van der Waals surface area contributed by atoms with Gasteiger partial charge in [0.1, 0.15) is 18.2 Å². The fourth-order valence-corrected chi connectivity index (χ4v) is 9.18. The van der Waals surface area contributed by atoms with E-state index < -0.39 is 0 Å². The molecule has 1 aliphatic heterocycles. The van der Waals surface area contributed by atoms with Gasteiger partial charge in [-0.3, -0.25) is 5.32 Å². The highest BCUT2D eigenvalue weighted by Crippen LogP contribution is 2.48. The van der Waals surface area contributed by atoms with Crippen LogP contribution in [0.3, 0.4) is 0 Å². The normalized spacial score (nSPS) is 15.2.